The third-order valence-corrected chi connectivity index (χ3v) is 3.54. The molecule has 2 rings (SSSR count). The van der Waals surface area contributed by atoms with Gasteiger partial charge in [0, 0.05) is 19.3 Å². The highest BCUT2D eigenvalue weighted by Gasteiger charge is 2.08. The summed E-state index contributed by atoms with van der Waals surface area (Å²) in [7, 11) is 1.93. The Morgan fingerprint density at radius 3 is 2.56 bits per heavy atom. The maximum atomic E-state index is 4.16. The molecule has 102 valence electrons. The van der Waals surface area contributed by atoms with E-state index in [1.54, 1.807) is 0 Å². The van der Waals surface area contributed by atoms with Crippen LogP contribution in [-0.4, -0.2) is 46.6 Å². The highest BCUT2D eigenvalue weighted by molar-refractivity contribution is 4.91. The minimum absolute atomic E-state index is 0.795. The van der Waals surface area contributed by atoms with Crippen molar-refractivity contribution in [2.24, 2.45) is 0 Å². The molecule has 1 N–H and O–H groups in total. The molecule has 0 bridgehead atoms. The Morgan fingerprint density at radius 2 is 1.83 bits per heavy atom. The number of aromatic nitrogens is 3. The average Bonchev–Trinajstić information content (AvgIpc) is 2.76. The van der Waals surface area contributed by atoms with Gasteiger partial charge in [-0.3, -0.25) is 4.68 Å². The Balaban J connectivity index is 1.74. The van der Waals surface area contributed by atoms with Crippen molar-refractivity contribution < 1.29 is 0 Å². The van der Waals surface area contributed by atoms with Gasteiger partial charge >= 0.3 is 0 Å². The lowest BCUT2D eigenvalue weighted by molar-refractivity contribution is 0.235. The highest BCUT2D eigenvalue weighted by atomic mass is 15.4. The third kappa shape index (κ3) is 4.38. The zero-order chi connectivity index (χ0) is 12.6. The highest BCUT2D eigenvalue weighted by Crippen LogP contribution is 2.10. The Labute approximate surface area is 110 Å². The van der Waals surface area contributed by atoms with Gasteiger partial charge in [0.1, 0.15) is 0 Å². The van der Waals surface area contributed by atoms with E-state index >= 15 is 0 Å². The second kappa shape index (κ2) is 7.48. The van der Waals surface area contributed by atoms with Crippen molar-refractivity contribution in [3.63, 3.8) is 0 Å². The van der Waals surface area contributed by atoms with Gasteiger partial charge < -0.3 is 10.2 Å². The predicted molar refractivity (Wildman–Crippen MR) is 72.3 cm³/mol. The fourth-order valence-corrected chi connectivity index (χ4v) is 2.49. The molecule has 5 nitrogen and oxygen atoms in total. The largest absolute Gasteiger partial charge is 0.314 e. The lowest BCUT2D eigenvalue weighted by Gasteiger charge is -2.24. The molecule has 1 aromatic rings. The maximum absolute atomic E-state index is 4.16. The van der Waals surface area contributed by atoms with Crippen molar-refractivity contribution in [1.82, 2.24) is 25.2 Å². The number of likely N-dealkylation sites (tertiary alicyclic amines) is 1. The molecule has 0 aliphatic carbocycles. The molecule has 0 amide bonds. The predicted octanol–water partition coefficient (Wildman–Crippen LogP) is 1.26. The van der Waals surface area contributed by atoms with Crippen molar-refractivity contribution in [3.8, 4) is 0 Å². The van der Waals surface area contributed by atoms with Crippen LogP contribution in [0.1, 0.15) is 37.8 Å². The molecule has 5 heteroatoms. The molecule has 1 saturated heterocycles. The molecule has 0 radical (unpaired) electrons. The van der Waals surface area contributed by atoms with Crippen LogP contribution in [0.4, 0.5) is 0 Å². The van der Waals surface area contributed by atoms with Crippen LogP contribution in [0.15, 0.2) is 6.20 Å². The molecule has 0 aromatic carbocycles. The smallest absolute Gasteiger partial charge is 0.0964 e. The van der Waals surface area contributed by atoms with E-state index in [2.05, 4.69) is 20.5 Å². The van der Waals surface area contributed by atoms with Gasteiger partial charge in [0.15, 0.2) is 0 Å². The quantitative estimate of drug-likeness (QED) is 0.856. The first-order chi connectivity index (χ1) is 8.88. The van der Waals surface area contributed by atoms with Crippen LogP contribution < -0.4 is 5.32 Å². The van der Waals surface area contributed by atoms with E-state index in [0.717, 1.165) is 25.3 Å². The zero-order valence-corrected chi connectivity index (χ0v) is 11.4. The molecule has 1 aliphatic heterocycles. The molecular formula is C13H25N5. The van der Waals surface area contributed by atoms with E-state index in [1.165, 1.54) is 45.2 Å². The molecule has 1 fully saturated rings. The number of hydrogen-bond acceptors (Lipinski definition) is 4. The van der Waals surface area contributed by atoms with E-state index in [4.69, 9.17) is 0 Å². The summed E-state index contributed by atoms with van der Waals surface area (Å²) in [5, 5.41) is 11.4. The van der Waals surface area contributed by atoms with Gasteiger partial charge in [-0.1, -0.05) is 24.5 Å². The molecule has 2 heterocycles. The minimum atomic E-state index is 0.795. The lowest BCUT2D eigenvalue weighted by Crippen LogP contribution is -2.30. The standard InChI is InChI=1S/C13H25N5/c1-14-11-13-12-18(16-15-13)10-9-17-7-5-3-2-4-6-8-17/h12,14H,2-11H2,1H3. The molecule has 18 heavy (non-hydrogen) atoms. The second-order valence-corrected chi connectivity index (χ2v) is 5.11. The Morgan fingerprint density at radius 1 is 1.11 bits per heavy atom. The van der Waals surface area contributed by atoms with Crippen LogP contribution in [0.2, 0.25) is 0 Å². The SMILES string of the molecule is CNCc1cn(CCN2CCCCCCC2)nn1. The van der Waals surface area contributed by atoms with Crippen molar-refractivity contribution in [2.75, 3.05) is 26.7 Å². The molecule has 0 atom stereocenters. The Hall–Kier alpha value is -0.940. The minimum Gasteiger partial charge on any atom is -0.314 e. The zero-order valence-electron chi connectivity index (χ0n) is 11.4. The monoisotopic (exact) mass is 251 g/mol. The van der Waals surface area contributed by atoms with Crippen LogP contribution in [0.5, 0.6) is 0 Å². The van der Waals surface area contributed by atoms with E-state index < -0.39 is 0 Å². The summed E-state index contributed by atoms with van der Waals surface area (Å²) in [6.45, 7) is 5.35. The van der Waals surface area contributed by atoms with Gasteiger partial charge in [0.2, 0.25) is 0 Å². The van der Waals surface area contributed by atoms with Crippen LogP contribution in [0.3, 0.4) is 0 Å². The van der Waals surface area contributed by atoms with E-state index in [1.807, 2.05) is 17.9 Å². The first kappa shape index (κ1) is 13.5. The van der Waals surface area contributed by atoms with Crippen molar-refractivity contribution >= 4 is 0 Å². The van der Waals surface area contributed by atoms with Crippen LogP contribution in [0.25, 0.3) is 0 Å². The summed E-state index contributed by atoms with van der Waals surface area (Å²) in [6.07, 6.45) is 8.95. The van der Waals surface area contributed by atoms with Gasteiger partial charge in [-0.05, 0) is 33.0 Å². The molecular weight excluding hydrogens is 226 g/mol. The summed E-state index contributed by atoms with van der Waals surface area (Å²) in [5.41, 5.74) is 1.02. The Bertz CT molecular complexity index is 328. The fraction of sp³-hybridized carbons (Fsp3) is 0.846. The third-order valence-electron chi connectivity index (χ3n) is 3.54. The lowest BCUT2D eigenvalue weighted by atomic mass is 10.1. The topological polar surface area (TPSA) is 46.0 Å². The van der Waals surface area contributed by atoms with E-state index in [0.29, 0.717) is 0 Å². The number of nitrogens with one attached hydrogen (secondary N) is 1. The normalized spacial score (nSPS) is 18.5. The summed E-state index contributed by atoms with van der Waals surface area (Å²) in [5.74, 6) is 0. The summed E-state index contributed by atoms with van der Waals surface area (Å²) in [6, 6.07) is 0. The van der Waals surface area contributed by atoms with Crippen LogP contribution >= 0.6 is 0 Å². The van der Waals surface area contributed by atoms with Crippen LogP contribution in [0, 0.1) is 0 Å². The molecule has 0 spiro atoms. The molecule has 1 aromatic heterocycles. The first-order valence-corrected chi connectivity index (χ1v) is 7.14. The van der Waals surface area contributed by atoms with Crippen LogP contribution in [-0.2, 0) is 13.1 Å². The van der Waals surface area contributed by atoms with Gasteiger partial charge in [-0.15, -0.1) is 5.10 Å². The first-order valence-electron chi connectivity index (χ1n) is 7.14. The van der Waals surface area contributed by atoms with Gasteiger partial charge in [-0.2, -0.15) is 0 Å². The number of nitrogens with zero attached hydrogens (tertiary/aromatic N) is 4. The molecule has 1 aliphatic rings. The van der Waals surface area contributed by atoms with Gasteiger partial charge in [0.05, 0.1) is 12.2 Å². The van der Waals surface area contributed by atoms with Gasteiger partial charge in [0.25, 0.3) is 0 Å². The summed E-state index contributed by atoms with van der Waals surface area (Å²) >= 11 is 0. The van der Waals surface area contributed by atoms with Crippen molar-refractivity contribution in [3.05, 3.63) is 11.9 Å². The Kier molecular flexibility index (Phi) is 5.61. The molecule has 0 unspecified atom stereocenters. The maximum Gasteiger partial charge on any atom is 0.0964 e. The van der Waals surface area contributed by atoms with Gasteiger partial charge in [-0.25, -0.2) is 0 Å². The number of rotatable bonds is 5. The van der Waals surface area contributed by atoms with Crippen molar-refractivity contribution in [1.29, 1.82) is 0 Å². The molecule has 0 saturated carbocycles. The van der Waals surface area contributed by atoms with E-state index in [9.17, 15) is 0 Å². The summed E-state index contributed by atoms with van der Waals surface area (Å²) < 4.78 is 1.96. The second-order valence-electron chi connectivity index (χ2n) is 5.11. The number of hydrogen-bond donors (Lipinski definition) is 1. The average molecular weight is 251 g/mol. The van der Waals surface area contributed by atoms with E-state index in [-0.39, 0.29) is 0 Å². The fourth-order valence-electron chi connectivity index (χ4n) is 2.49. The summed E-state index contributed by atoms with van der Waals surface area (Å²) in [4.78, 5) is 2.57. The van der Waals surface area contributed by atoms with Crippen molar-refractivity contribution in [2.45, 2.75) is 45.2 Å².